The first-order valence-electron chi connectivity index (χ1n) is 13.2. The fraction of sp³-hybridized carbons (Fsp3) is 0.586. The number of ether oxygens (including phenoxy) is 2. The van der Waals surface area contributed by atoms with Crippen LogP contribution in [-0.2, 0) is 13.0 Å². The maximum Gasteiger partial charge on any atom is 0.185 e. The minimum atomic E-state index is 0.638. The SMILES string of the molecule is CCCCCCCCCCCC1=[N+](Cc2ccc(Cl)cn2)CCc2c1ccc(OC)c2OCC. The van der Waals surface area contributed by atoms with Crippen molar-refractivity contribution < 1.29 is 14.0 Å². The van der Waals surface area contributed by atoms with Crippen LogP contribution < -0.4 is 9.47 Å². The summed E-state index contributed by atoms with van der Waals surface area (Å²) in [6.07, 6.45) is 15.8. The van der Waals surface area contributed by atoms with Gasteiger partial charge < -0.3 is 9.47 Å². The second kappa shape index (κ2) is 14.4. The molecule has 0 atom stereocenters. The summed E-state index contributed by atoms with van der Waals surface area (Å²) < 4.78 is 14.2. The number of benzene rings is 1. The van der Waals surface area contributed by atoms with Gasteiger partial charge in [-0.2, -0.15) is 0 Å². The van der Waals surface area contributed by atoms with Crippen LogP contribution in [0.25, 0.3) is 0 Å². The number of hydrogen-bond donors (Lipinski definition) is 0. The lowest BCUT2D eigenvalue weighted by atomic mass is 9.92. The monoisotopic (exact) mass is 485 g/mol. The Morgan fingerprint density at radius 3 is 2.32 bits per heavy atom. The number of unbranched alkanes of at least 4 members (excludes halogenated alkanes) is 8. The van der Waals surface area contributed by atoms with Crippen molar-refractivity contribution in [1.29, 1.82) is 0 Å². The second-order valence-electron chi connectivity index (χ2n) is 9.22. The highest BCUT2D eigenvalue weighted by atomic mass is 35.5. The predicted molar refractivity (Wildman–Crippen MR) is 142 cm³/mol. The zero-order chi connectivity index (χ0) is 24.2. The Morgan fingerprint density at radius 2 is 1.68 bits per heavy atom. The van der Waals surface area contributed by atoms with Crippen LogP contribution in [-0.4, -0.2) is 35.5 Å². The number of nitrogens with zero attached hydrogens (tertiary/aromatic N) is 2. The predicted octanol–water partition coefficient (Wildman–Crippen LogP) is 7.62. The summed E-state index contributed by atoms with van der Waals surface area (Å²) in [6.45, 7) is 6.71. The average Bonchev–Trinajstić information content (AvgIpc) is 2.85. The minimum absolute atomic E-state index is 0.638. The molecule has 1 aliphatic rings. The average molecular weight is 486 g/mol. The molecule has 1 aromatic carbocycles. The highest BCUT2D eigenvalue weighted by Gasteiger charge is 2.29. The molecule has 0 bridgehead atoms. The molecule has 1 aromatic heterocycles. The van der Waals surface area contributed by atoms with Gasteiger partial charge >= 0.3 is 0 Å². The number of methoxy groups -OCH3 is 1. The van der Waals surface area contributed by atoms with Crippen LogP contribution in [0.3, 0.4) is 0 Å². The van der Waals surface area contributed by atoms with Gasteiger partial charge in [-0.25, -0.2) is 4.58 Å². The summed E-state index contributed by atoms with van der Waals surface area (Å²) in [6, 6.07) is 8.25. The molecule has 0 saturated carbocycles. The molecule has 1 aliphatic heterocycles. The Kier molecular flexibility index (Phi) is 11.2. The number of hydrogen-bond acceptors (Lipinski definition) is 3. The van der Waals surface area contributed by atoms with Crippen molar-refractivity contribution >= 4 is 17.3 Å². The van der Waals surface area contributed by atoms with Crippen LogP contribution in [0, 0.1) is 0 Å². The molecule has 0 amide bonds. The van der Waals surface area contributed by atoms with E-state index in [0.29, 0.717) is 11.6 Å². The molecule has 0 aliphatic carbocycles. The van der Waals surface area contributed by atoms with Gasteiger partial charge in [-0.3, -0.25) is 4.98 Å². The Hall–Kier alpha value is -2.07. The highest BCUT2D eigenvalue weighted by Crippen LogP contribution is 2.36. The lowest BCUT2D eigenvalue weighted by Gasteiger charge is -2.22. The van der Waals surface area contributed by atoms with Gasteiger partial charge in [-0.15, -0.1) is 0 Å². The fourth-order valence-corrected chi connectivity index (χ4v) is 5.02. The molecule has 0 N–H and O–H groups in total. The molecule has 3 rings (SSSR count). The molecule has 34 heavy (non-hydrogen) atoms. The van der Waals surface area contributed by atoms with Crippen molar-refractivity contribution in [2.75, 3.05) is 20.3 Å². The lowest BCUT2D eigenvalue weighted by Crippen LogP contribution is -2.30. The summed E-state index contributed by atoms with van der Waals surface area (Å²) in [5.74, 6) is 1.74. The van der Waals surface area contributed by atoms with E-state index < -0.39 is 0 Å². The lowest BCUT2D eigenvalue weighted by molar-refractivity contribution is -0.546. The summed E-state index contributed by atoms with van der Waals surface area (Å²) in [5, 5.41) is 0.681. The Morgan fingerprint density at radius 1 is 0.941 bits per heavy atom. The van der Waals surface area contributed by atoms with Gasteiger partial charge in [0.05, 0.1) is 18.7 Å². The molecular weight excluding hydrogens is 444 g/mol. The maximum atomic E-state index is 6.06. The van der Waals surface area contributed by atoms with Crippen LogP contribution in [0.15, 0.2) is 30.5 Å². The largest absolute Gasteiger partial charge is 0.493 e. The van der Waals surface area contributed by atoms with Crippen molar-refractivity contribution in [2.45, 2.75) is 91.0 Å². The van der Waals surface area contributed by atoms with E-state index in [2.05, 4.69) is 28.6 Å². The van der Waals surface area contributed by atoms with Crippen LogP contribution in [0.5, 0.6) is 11.5 Å². The van der Waals surface area contributed by atoms with Crippen molar-refractivity contribution in [3.8, 4) is 11.5 Å². The molecule has 5 heteroatoms. The van der Waals surface area contributed by atoms with Crippen molar-refractivity contribution in [2.24, 2.45) is 0 Å². The second-order valence-corrected chi connectivity index (χ2v) is 9.66. The zero-order valence-electron chi connectivity index (χ0n) is 21.4. The number of halogens is 1. The van der Waals surface area contributed by atoms with Gasteiger partial charge in [0.2, 0.25) is 0 Å². The maximum absolute atomic E-state index is 6.06. The third kappa shape index (κ3) is 7.46. The van der Waals surface area contributed by atoms with Gasteiger partial charge in [-0.05, 0) is 37.6 Å². The van der Waals surface area contributed by atoms with Crippen molar-refractivity contribution in [3.63, 3.8) is 0 Å². The van der Waals surface area contributed by atoms with Crippen molar-refractivity contribution in [3.05, 3.63) is 52.3 Å². The third-order valence-electron chi connectivity index (χ3n) is 6.72. The molecular formula is C29H42ClN2O2+. The van der Waals surface area contributed by atoms with Gasteiger partial charge in [0.1, 0.15) is 12.2 Å². The minimum Gasteiger partial charge on any atom is -0.493 e. The molecule has 0 unspecified atom stereocenters. The van der Waals surface area contributed by atoms with Gasteiger partial charge in [0, 0.05) is 30.2 Å². The topological polar surface area (TPSA) is 34.4 Å². The molecule has 0 spiro atoms. The summed E-state index contributed by atoms with van der Waals surface area (Å²) >= 11 is 6.06. The molecule has 0 radical (unpaired) electrons. The number of rotatable bonds is 15. The first-order valence-corrected chi connectivity index (χ1v) is 13.6. The van der Waals surface area contributed by atoms with Crippen LogP contribution in [0.2, 0.25) is 5.02 Å². The molecule has 186 valence electrons. The standard InChI is InChI=1S/C29H42ClN2O2/c1-4-6-7-8-9-10-11-12-13-14-27-25-17-18-28(33-3)29(34-5-2)26(25)19-20-32(27)22-24-16-15-23(30)21-31-24/h15-18,21H,4-14,19-20,22H2,1-3H3/q+1. The van der Waals surface area contributed by atoms with Crippen LogP contribution in [0.4, 0.5) is 0 Å². The van der Waals surface area contributed by atoms with E-state index >= 15 is 0 Å². The summed E-state index contributed by atoms with van der Waals surface area (Å²) in [7, 11) is 1.72. The first kappa shape index (κ1) is 26.5. The molecule has 0 fully saturated rings. The van der Waals surface area contributed by atoms with E-state index in [4.69, 9.17) is 21.1 Å². The molecule has 2 heterocycles. The van der Waals surface area contributed by atoms with Gasteiger partial charge in [0.15, 0.2) is 23.8 Å². The van der Waals surface area contributed by atoms with E-state index in [-0.39, 0.29) is 0 Å². The van der Waals surface area contributed by atoms with E-state index in [0.717, 1.165) is 43.1 Å². The van der Waals surface area contributed by atoms with Crippen LogP contribution in [0.1, 0.15) is 94.9 Å². The van der Waals surface area contributed by atoms with Crippen molar-refractivity contribution in [1.82, 2.24) is 4.98 Å². The Bertz CT molecular complexity index is 924. The summed E-state index contributed by atoms with van der Waals surface area (Å²) in [4.78, 5) is 4.56. The smallest absolute Gasteiger partial charge is 0.185 e. The number of aromatic nitrogens is 1. The first-order chi connectivity index (χ1) is 16.7. The summed E-state index contributed by atoms with van der Waals surface area (Å²) in [5.41, 5.74) is 5.05. The Labute approximate surface area is 211 Å². The highest BCUT2D eigenvalue weighted by molar-refractivity contribution is 6.30. The molecule has 2 aromatic rings. The number of fused-ring (bicyclic) bond motifs is 1. The quantitative estimate of drug-likeness (QED) is 0.192. The van der Waals surface area contributed by atoms with E-state index in [1.54, 1.807) is 13.3 Å². The Balaban J connectivity index is 1.74. The van der Waals surface area contributed by atoms with Crippen LogP contribution >= 0.6 is 11.6 Å². The van der Waals surface area contributed by atoms with E-state index in [1.807, 2.05) is 19.1 Å². The zero-order valence-corrected chi connectivity index (χ0v) is 22.1. The van der Waals surface area contributed by atoms with Gasteiger partial charge in [-0.1, -0.05) is 69.9 Å². The van der Waals surface area contributed by atoms with Gasteiger partial charge in [0.25, 0.3) is 0 Å². The van der Waals surface area contributed by atoms with E-state index in [1.165, 1.54) is 74.6 Å². The fourth-order valence-electron chi connectivity index (χ4n) is 4.91. The molecule has 4 nitrogen and oxygen atoms in total. The normalized spacial score (nSPS) is 13.2. The number of pyridine rings is 1. The van der Waals surface area contributed by atoms with E-state index in [9.17, 15) is 0 Å². The molecule has 0 saturated heterocycles. The third-order valence-corrected chi connectivity index (χ3v) is 6.94.